The molecule has 0 bridgehead atoms. The van der Waals surface area contributed by atoms with Crippen LogP contribution in [0.15, 0.2) is 12.4 Å². The van der Waals surface area contributed by atoms with Crippen LogP contribution in [0.25, 0.3) is 0 Å². The van der Waals surface area contributed by atoms with Gasteiger partial charge in [-0.05, 0) is 31.3 Å². The number of H-pyrrole nitrogens is 1. The molecule has 0 aliphatic carbocycles. The Hall–Kier alpha value is -0.480. The molecule has 1 atom stereocenters. The van der Waals surface area contributed by atoms with E-state index in [2.05, 4.69) is 34.2 Å². The SMILES string of the molecule is CC(NC1CCSCC1)c1cn[nH]c1. The van der Waals surface area contributed by atoms with Crippen molar-refractivity contribution in [1.29, 1.82) is 0 Å². The van der Waals surface area contributed by atoms with E-state index in [0.717, 1.165) is 0 Å². The maximum absolute atomic E-state index is 3.97. The fraction of sp³-hybridized carbons (Fsp3) is 0.700. The van der Waals surface area contributed by atoms with Crippen molar-refractivity contribution in [3.63, 3.8) is 0 Å². The predicted molar refractivity (Wildman–Crippen MR) is 60.5 cm³/mol. The fourth-order valence-electron chi connectivity index (χ4n) is 1.81. The highest BCUT2D eigenvalue weighted by Crippen LogP contribution is 2.20. The fourth-order valence-corrected chi connectivity index (χ4v) is 2.92. The summed E-state index contributed by atoms with van der Waals surface area (Å²) in [5.41, 5.74) is 1.25. The van der Waals surface area contributed by atoms with E-state index in [4.69, 9.17) is 0 Å². The molecule has 2 N–H and O–H groups in total. The summed E-state index contributed by atoms with van der Waals surface area (Å²) in [5.74, 6) is 2.60. The van der Waals surface area contributed by atoms with Gasteiger partial charge in [-0.1, -0.05) is 0 Å². The normalized spacial score (nSPS) is 20.9. The molecule has 0 aromatic carbocycles. The van der Waals surface area contributed by atoms with Crippen molar-refractivity contribution in [2.24, 2.45) is 0 Å². The van der Waals surface area contributed by atoms with Crippen molar-refractivity contribution in [3.8, 4) is 0 Å². The molecule has 78 valence electrons. The summed E-state index contributed by atoms with van der Waals surface area (Å²) in [4.78, 5) is 0. The van der Waals surface area contributed by atoms with E-state index in [-0.39, 0.29) is 0 Å². The van der Waals surface area contributed by atoms with Crippen molar-refractivity contribution in [3.05, 3.63) is 18.0 Å². The minimum Gasteiger partial charge on any atom is -0.307 e. The molecule has 3 nitrogen and oxygen atoms in total. The molecule has 1 aliphatic heterocycles. The molecule has 1 fully saturated rings. The first-order valence-electron chi connectivity index (χ1n) is 5.19. The third kappa shape index (κ3) is 2.51. The van der Waals surface area contributed by atoms with E-state index in [1.807, 2.05) is 12.4 Å². The molecule has 1 saturated heterocycles. The van der Waals surface area contributed by atoms with E-state index in [1.54, 1.807) is 0 Å². The van der Waals surface area contributed by atoms with Crippen LogP contribution in [0.2, 0.25) is 0 Å². The van der Waals surface area contributed by atoms with Crippen molar-refractivity contribution < 1.29 is 0 Å². The van der Waals surface area contributed by atoms with Gasteiger partial charge in [0.2, 0.25) is 0 Å². The number of nitrogens with one attached hydrogen (secondary N) is 2. The highest BCUT2D eigenvalue weighted by atomic mass is 32.2. The molecular weight excluding hydrogens is 194 g/mol. The summed E-state index contributed by atoms with van der Waals surface area (Å²) in [5, 5.41) is 10.5. The van der Waals surface area contributed by atoms with Gasteiger partial charge in [-0.25, -0.2) is 0 Å². The number of aromatic nitrogens is 2. The summed E-state index contributed by atoms with van der Waals surface area (Å²) in [6.07, 6.45) is 6.46. The molecule has 14 heavy (non-hydrogen) atoms. The lowest BCUT2D eigenvalue weighted by Gasteiger charge is -2.25. The number of thioether (sulfide) groups is 1. The molecule has 1 aromatic heterocycles. The van der Waals surface area contributed by atoms with Crippen molar-refractivity contribution in [2.75, 3.05) is 11.5 Å². The van der Waals surface area contributed by atoms with E-state index in [0.29, 0.717) is 12.1 Å². The number of nitrogens with zero attached hydrogens (tertiary/aromatic N) is 1. The Bertz CT molecular complexity index is 254. The molecule has 0 radical (unpaired) electrons. The Labute approximate surface area is 89.1 Å². The third-order valence-electron chi connectivity index (χ3n) is 2.73. The van der Waals surface area contributed by atoms with Gasteiger partial charge in [0.05, 0.1) is 6.20 Å². The zero-order valence-electron chi connectivity index (χ0n) is 8.49. The second kappa shape index (κ2) is 4.84. The standard InChI is InChI=1S/C10H17N3S/c1-8(9-6-11-12-7-9)13-10-2-4-14-5-3-10/h6-8,10,13H,2-5H2,1H3,(H,11,12). The van der Waals surface area contributed by atoms with Crippen molar-refractivity contribution >= 4 is 11.8 Å². The average Bonchev–Trinajstić information content (AvgIpc) is 2.72. The van der Waals surface area contributed by atoms with Gasteiger partial charge in [-0.3, -0.25) is 5.10 Å². The van der Waals surface area contributed by atoms with Gasteiger partial charge in [-0.15, -0.1) is 0 Å². The largest absolute Gasteiger partial charge is 0.307 e. The van der Waals surface area contributed by atoms with E-state index < -0.39 is 0 Å². The van der Waals surface area contributed by atoms with Gasteiger partial charge >= 0.3 is 0 Å². The molecule has 2 heterocycles. The summed E-state index contributed by atoms with van der Waals surface area (Å²) in [6, 6.07) is 1.11. The molecule has 1 aromatic rings. The van der Waals surface area contributed by atoms with Gasteiger partial charge in [0.25, 0.3) is 0 Å². The highest BCUT2D eigenvalue weighted by Gasteiger charge is 2.16. The Balaban J connectivity index is 1.84. The topological polar surface area (TPSA) is 40.7 Å². The van der Waals surface area contributed by atoms with Crippen LogP contribution in [0.3, 0.4) is 0 Å². The van der Waals surface area contributed by atoms with Crippen LogP contribution in [0, 0.1) is 0 Å². The first-order chi connectivity index (χ1) is 6.86. The number of hydrogen-bond acceptors (Lipinski definition) is 3. The second-order valence-electron chi connectivity index (χ2n) is 3.81. The van der Waals surface area contributed by atoms with Gasteiger partial charge in [0.1, 0.15) is 0 Å². The average molecular weight is 211 g/mol. The Kier molecular flexibility index (Phi) is 3.48. The molecule has 1 unspecified atom stereocenters. The second-order valence-corrected chi connectivity index (χ2v) is 5.03. The van der Waals surface area contributed by atoms with Crippen LogP contribution in [0.1, 0.15) is 31.4 Å². The molecular formula is C10H17N3S. The molecule has 2 rings (SSSR count). The third-order valence-corrected chi connectivity index (χ3v) is 3.78. The maximum Gasteiger partial charge on any atom is 0.0534 e. The lowest BCUT2D eigenvalue weighted by atomic mass is 10.1. The molecule has 0 amide bonds. The Morgan fingerprint density at radius 1 is 1.57 bits per heavy atom. The van der Waals surface area contributed by atoms with Crippen LogP contribution in [0.5, 0.6) is 0 Å². The van der Waals surface area contributed by atoms with Gasteiger partial charge in [-0.2, -0.15) is 16.9 Å². The lowest BCUT2D eigenvalue weighted by molar-refractivity contribution is 0.431. The lowest BCUT2D eigenvalue weighted by Crippen LogP contribution is -2.34. The first-order valence-corrected chi connectivity index (χ1v) is 6.34. The molecule has 0 saturated carbocycles. The van der Waals surface area contributed by atoms with E-state index in [1.165, 1.54) is 29.9 Å². The Morgan fingerprint density at radius 3 is 3.00 bits per heavy atom. The summed E-state index contributed by atoms with van der Waals surface area (Å²) >= 11 is 2.06. The zero-order valence-corrected chi connectivity index (χ0v) is 9.31. The number of rotatable bonds is 3. The van der Waals surface area contributed by atoms with Gasteiger partial charge < -0.3 is 5.32 Å². The van der Waals surface area contributed by atoms with Crippen LogP contribution < -0.4 is 5.32 Å². The minimum absolute atomic E-state index is 0.418. The van der Waals surface area contributed by atoms with E-state index in [9.17, 15) is 0 Å². The predicted octanol–water partition coefficient (Wildman–Crippen LogP) is 1.96. The van der Waals surface area contributed by atoms with Crippen LogP contribution in [-0.2, 0) is 0 Å². The summed E-state index contributed by atoms with van der Waals surface area (Å²) < 4.78 is 0. The molecule has 4 heteroatoms. The van der Waals surface area contributed by atoms with Crippen molar-refractivity contribution in [1.82, 2.24) is 15.5 Å². The van der Waals surface area contributed by atoms with Crippen LogP contribution >= 0.6 is 11.8 Å². The number of aromatic amines is 1. The monoisotopic (exact) mass is 211 g/mol. The number of hydrogen-bond donors (Lipinski definition) is 2. The Morgan fingerprint density at radius 2 is 2.36 bits per heavy atom. The van der Waals surface area contributed by atoms with Crippen LogP contribution in [-0.4, -0.2) is 27.7 Å². The van der Waals surface area contributed by atoms with Crippen LogP contribution in [0.4, 0.5) is 0 Å². The van der Waals surface area contributed by atoms with Crippen molar-refractivity contribution in [2.45, 2.75) is 31.8 Å². The quantitative estimate of drug-likeness (QED) is 0.803. The maximum atomic E-state index is 3.97. The minimum atomic E-state index is 0.418. The zero-order chi connectivity index (χ0) is 9.80. The molecule has 0 spiro atoms. The molecule has 1 aliphatic rings. The summed E-state index contributed by atoms with van der Waals surface area (Å²) in [7, 11) is 0. The summed E-state index contributed by atoms with van der Waals surface area (Å²) in [6.45, 7) is 2.20. The van der Waals surface area contributed by atoms with Gasteiger partial charge in [0.15, 0.2) is 0 Å². The van der Waals surface area contributed by atoms with Gasteiger partial charge in [0, 0.05) is 23.8 Å². The van der Waals surface area contributed by atoms with E-state index >= 15 is 0 Å². The first kappa shape index (κ1) is 10.1. The smallest absolute Gasteiger partial charge is 0.0534 e. The highest BCUT2D eigenvalue weighted by molar-refractivity contribution is 7.99.